The van der Waals surface area contributed by atoms with Gasteiger partial charge in [-0.3, -0.25) is 13.8 Å². The van der Waals surface area contributed by atoms with Crippen molar-refractivity contribution < 1.29 is 0 Å². The van der Waals surface area contributed by atoms with Gasteiger partial charge in [0.25, 0.3) is 5.56 Å². The van der Waals surface area contributed by atoms with Crippen molar-refractivity contribution in [2.24, 2.45) is 0 Å². The van der Waals surface area contributed by atoms with Gasteiger partial charge in [-0.2, -0.15) is 0 Å². The molecule has 0 N–H and O–H groups in total. The van der Waals surface area contributed by atoms with E-state index in [4.69, 9.17) is 0 Å². The van der Waals surface area contributed by atoms with Gasteiger partial charge in [0.2, 0.25) is 5.78 Å². The number of aryl methyl sites for hydroxylation is 1. The molecule has 0 unspecified atom stereocenters. The molecule has 1 aliphatic carbocycles. The summed E-state index contributed by atoms with van der Waals surface area (Å²) >= 11 is 1.60. The van der Waals surface area contributed by atoms with E-state index in [1.807, 2.05) is 35.6 Å². The number of fused-ring (bicyclic) bond motifs is 3. The molecule has 0 spiro atoms. The maximum Gasteiger partial charge on any atom is 0.262 e. The standard InChI is InChI=1S/C17H17N7OS/c1-2-22-15(25)12-5-3-4-6-13(12)24-14(19-20-16(22)24)9-26-17-21-18-10-23(17)11-7-8-11/h3-6,10-11H,2,7-9H2,1H3. The highest BCUT2D eigenvalue weighted by molar-refractivity contribution is 7.98. The van der Waals surface area contributed by atoms with Gasteiger partial charge in [-0.05, 0) is 31.9 Å². The number of hydrogen-bond donors (Lipinski definition) is 0. The Balaban J connectivity index is 1.61. The lowest BCUT2D eigenvalue weighted by Crippen LogP contribution is -2.22. The third-order valence-corrected chi connectivity index (χ3v) is 5.66. The molecule has 0 amide bonds. The van der Waals surface area contributed by atoms with Crippen LogP contribution in [-0.4, -0.2) is 33.9 Å². The lowest BCUT2D eigenvalue weighted by molar-refractivity contribution is 0.662. The van der Waals surface area contributed by atoms with Crippen molar-refractivity contribution in [1.82, 2.24) is 33.9 Å². The first-order chi connectivity index (χ1) is 12.8. The Hall–Kier alpha value is -2.68. The van der Waals surface area contributed by atoms with Gasteiger partial charge in [0.15, 0.2) is 5.16 Å². The molecule has 0 radical (unpaired) electrons. The van der Waals surface area contributed by atoms with E-state index in [1.54, 1.807) is 22.7 Å². The number of rotatable bonds is 5. The molecule has 9 heteroatoms. The Morgan fingerprint density at radius 3 is 2.85 bits per heavy atom. The average molecular weight is 367 g/mol. The third-order valence-electron chi connectivity index (χ3n) is 4.70. The van der Waals surface area contributed by atoms with Crippen molar-refractivity contribution in [3.05, 3.63) is 46.8 Å². The van der Waals surface area contributed by atoms with Crippen molar-refractivity contribution in [3.63, 3.8) is 0 Å². The minimum atomic E-state index is -0.0318. The molecule has 0 aliphatic heterocycles. The van der Waals surface area contributed by atoms with E-state index >= 15 is 0 Å². The zero-order valence-corrected chi connectivity index (χ0v) is 15.1. The Morgan fingerprint density at radius 2 is 2.04 bits per heavy atom. The molecular weight excluding hydrogens is 350 g/mol. The zero-order valence-electron chi connectivity index (χ0n) is 14.2. The second-order valence-corrected chi connectivity index (χ2v) is 7.30. The summed E-state index contributed by atoms with van der Waals surface area (Å²) < 4.78 is 5.77. The lowest BCUT2D eigenvalue weighted by Gasteiger charge is -2.09. The smallest absolute Gasteiger partial charge is 0.262 e. The zero-order chi connectivity index (χ0) is 17.7. The fourth-order valence-corrected chi connectivity index (χ4v) is 4.16. The summed E-state index contributed by atoms with van der Waals surface area (Å²) in [5.41, 5.74) is 0.803. The minimum Gasteiger partial charge on any atom is -0.306 e. The van der Waals surface area contributed by atoms with Crippen molar-refractivity contribution in [2.45, 2.75) is 43.3 Å². The second-order valence-electron chi connectivity index (χ2n) is 6.36. The highest BCUT2D eigenvalue weighted by Gasteiger charge is 2.26. The molecule has 1 fully saturated rings. The lowest BCUT2D eigenvalue weighted by atomic mass is 10.2. The topological polar surface area (TPSA) is 82.9 Å². The van der Waals surface area contributed by atoms with Crippen molar-refractivity contribution in [1.29, 1.82) is 0 Å². The van der Waals surface area contributed by atoms with Crippen LogP contribution in [0.5, 0.6) is 0 Å². The van der Waals surface area contributed by atoms with Crippen LogP contribution in [0.15, 0.2) is 40.5 Å². The van der Waals surface area contributed by atoms with Gasteiger partial charge in [0, 0.05) is 12.6 Å². The quantitative estimate of drug-likeness (QED) is 0.503. The molecule has 26 heavy (non-hydrogen) atoms. The number of para-hydroxylation sites is 1. The average Bonchev–Trinajstić information content (AvgIpc) is 3.25. The summed E-state index contributed by atoms with van der Waals surface area (Å²) in [4.78, 5) is 12.7. The summed E-state index contributed by atoms with van der Waals surface area (Å²) in [5, 5.41) is 18.5. The van der Waals surface area contributed by atoms with E-state index in [2.05, 4.69) is 25.0 Å². The fraction of sp³-hybridized carbons (Fsp3) is 0.353. The van der Waals surface area contributed by atoms with Gasteiger partial charge in [0.05, 0.1) is 16.7 Å². The number of nitrogens with zero attached hydrogens (tertiary/aromatic N) is 7. The molecule has 1 aliphatic rings. The van der Waals surface area contributed by atoms with Crippen LogP contribution in [0.2, 0.25) is 0 Å². The van der Waals surface area contributed by atoms with Crippen LogP contribution in [0, 0.1) is 0 Å². The Bertz CT molecular complexity index is 1170. The summed E-state index contributed by atoms with van der Waals surface area (Å²) in [6, 6.07) is 8.14. The van der Waals surface area contributed by atoms with E-state index in [0.29, 0.717) is 29.5 Å². The van der Waals surface area contributed by atoms with Gasteiger partial charge >= 0.3 is 0 Å². The van der Waals surface area contributed by atoms with E-state index in [-0.39, 0.29) is 5.56 Å². The van der Waals surface area contributed by atoms with Gasteiger partial charge in [0.1, 0.15) is 12.2 Å². The van der Waals surface area contributed by atoms with Gasteiger partial charge in [-0.15, -0.1) is 20.4 Å². The monoisotopic (exact) mass is 367 g/mol. The molecule has 0 bridgehead atoms. The van der Waals surface area contributed by atoms with Gasteiger partial charge < -0.3 is 4.57 Å². The van der Waals surface area contributed by atoms with Gasteiger partial charge in [-0.25, -0.2) is 0 Å². The number of aromatic nitrogens is 7. The summed E-state index contributed by atoms with van der Waals surface area (Å²) in [6.45, 7) is 2.49. The SMILES string of the molecule is CCn1c(=O)c2ccccc2n2c(CSc3nncn3C3CC3)nnc12. The number of thioether (sulfide) groups is 1. The van der Waals surface area contributed by atoms with Crippen LogP contribution in [-0.2, 0) is 12.3 Å². The highest BCUT2D eigenvalue weighted by Crippen LogP contribution is 2.37. The van der Waals surface area contributed by atoms with Crippen molar-refractivity contribution >= 4 is 28.4 Å². The van der Waals surface area contributed by atoms with Crippen LogP contribution in [0.25, 0.3) is 16.7 Å². The van der Waals surface area contributed by atoms with Crippen LogP contribution in [0.3, 0.4) is 0 Å². The molecule has 4 aromatic rings. The first kappa shape index (κ1) is 15.6. The number of benzene rings is 1. The molecule has 3 aromatic heterocycles. The Kier molecular flexibility index (Phi) is 3.56. The highest BCUT2D eigenvalue weighted by atomic mass is 32.2. The van der Waals surface area contributed by atoms with Crippen LogP contribution >= 0.6 is 11.8 Å². The predicted molar refractivity (Wildman–Crippen MR) is 98.3 cm³/mol. The largest absolute Gasteiger partial charge is 0.306 e. The summed E-state index contributed by atoms with van der Waals surface area (Å²) in [6.07, 6.45) is 4.17. The maximum absolute atomic E-state index is 12.7. The first-order valence-corrected chi connectivity index (χ1v) is 9.64. The molecule has 132 valence electrons. The van der Waals surface area contributed by atoms with Crippen molar-refractivity contribution in [3.8, 4) is 0 Å². The molecule has 0 saturated heterocycles. The molecule has 5 rings (SSSR count). The van der Waals surface area contributed by atoms with E-state index in [1.165, 1.54) is 12.8 Å². The number of hydrogen-bond acceptors (Lipinski definition) is 6. The fourth-order valence-electron chi connectivity index (χ4n) is 3.26. The molecule has 8 nitrogen and oxygen atoms in total. The second kappa shape index (κ2) is 5.94. The molecule has 0 atom stereocenters. The summed E-state index contributed by atoms with van der Waals surface area (Å²) in [5.74, 6) is 1.99. The van der Waals surface area contributed by atoms with E-state index < -0.39 is 0 Å². The van der Waals surface area contributed by atoms with Crippen LogP contribution in [0.4, 0.5) is 0 Å². The summed E-state index contributed by atoms with van der Waals surface area (Å²) in [7, 11) is 0. The van der Waals surface area contributed by atoms with Crippen LogP contribution < -0.4 is 5.56 Å². The molecule has 1 aromatic carbocycles. The maximum atomic E-state index is 12.7. The van der Waals surface area contributed by atoms with E-state index in [0.717, 1.165) is 16.5 Å². The first-order valence-electron chi connectivity index (χ1n) is 8.65. The van der Waals surface area contributed by atoms with Crippen molar-refractivity contribution in [2.75, 3.05) is 0 Å². The van der Waals surface area contributed by atoms with Gasteiger partial charge in [-0.1, -0.05) is 23.9 Å². The Morgan fingerprint density at radius 1 is 1.19 bits per heavy atom. The molecule has 3 heterocycles. The minimum absolute atomic E-state index is 0.0318. The van der Waals surface area contributed by atoms with Crippen LogP contribution in [0.1, 0.15) is 31.6 Å². The van der Waals surface area contributed by atoms with E-state index in [9.17, 15) is 4.79 Å². The molecule has 1 saturated carbocycles. The Labute approximate surface area is 152 Å². The normalized spacial score (nSPS) is 14.5. The predicted octanol–water partition coefficient (Wildman–Crippen LogP) is 2.28. The third kappa shape index (κ3) is 2.34. The molecular formula is C17H17N7OS.